The van der Waals surface area contributed by atoms with Gasteiger partial charge in [0, 0.05) is 37.5 Å². The van der Waals surface area contributed by atoms with E-state index in [4.69, 9.17) is 4.74 Å². The lowest BCUT2D eigenvalue weighted by molar-refractivity contribution is -0.138. The van der Waals surface area contributed by atoms with E-state index in [0.717, 1.165) is 12.4 Å². The minimum atomic E-state index is -4.48. The van der Waals surface area contributed by atoms with Crippen LogP contribution in [0, 0.1) is 0 Å². The first kappa shape index (κ1) is 23.2. The molecule has 0 aliphatic carbocycles. The standard InChI is InChI=1S/C21H23F3N6O2/c1-4-29(14(2)5-8-19-25-12-15(13-26-19)21(22,23)24)20(31)17-7-6-16(32-3)11-18(17)30-27-9-10-28-30/h6-7,9-14H,4-5,8H2,1-3H3/t14-/m0/s1. The molecular weight excluding hydrogens is 425 g/mol. The zero-order chi connectivity index (χ0) is 23.3. The van der Waals surface area contributed by atoms with E-state index < -0.39 is 11.7 Å². The fraction of sp³-hybridized carbons (Fsp3) is 0.381. The molecule has 0 saturated heterocycles. The number of alkyl halides is 3. The Labute approximate surface area is 183 Å². The van der Waals surface area contributed by atoms with Gasteiger partial charge in [-0.15, -0.1) is 0 Å². The van der Waals surface area contributed by atoms with Crippen LogP contribution >= 0.6 is 0 Å². The number of ether oxygens (including phenoxy) is 1. The average Bonchev–Trinajstić information content (AvgIpc) is 3.32. The molecule has 32 heavy (non-hydrogen) atoms. The summed E-state index contributed by atoms with van der Waals surface area (Å²) < 4.78 is 43.3. The number of aromatic nitrogens is 5. The number of amides is 1. The predicted octanol–water partition coefficient (Wildman–Crippen LogP) is 3.57. The Bertz CT molecular complexity index is 1040. The molecule has 0 bridgehead atoms. The van der Waals surface area contributed by atoms with Gasteiger partial charge in [0.15, 0.2) is 0 Å². The van der Waals surface area contributed by atoms with Gasteiger partial charge in [-0.05, 0) is 32.4 Å². The molecule has 1 amide bonds. The van der Waals surface area contributed by atoms with Crippen LogP contribution in [-0.4, -0.2) is 55.5 Å². The van der Waals surface area contributed by atoms with Gasteiger partial charge < -0.3 is 9.64 Å². The number of rotatable bonds is 8. The van der Waals surface area contributed by atoms with Crippen molar-refractivity contribution in [2.45, 2.75) is 38.9 Å². The van der Waals surface area contributed by atoms with E-state index in [0.29, 0.717) is 42.2 Å². The Balaban J connectivity index is 1.76. The molecule has 0 radical (unpaired) electrons. The molecule has 0 N–H and O–H groups in total. The van der Waals surface area contributed by atoms with Crippen LogP contribution in [0.3, 0.4) is 0 Å². The van der Waals surface area contributed by atoms with Crippen LogP contribution in [0.4, 0.5) is 13.2 Å². The van der Waals surface area contributed by atoms with Crippen molar-refractivity contribution in [3.05, 3.63) is 59.9 Å². The average molecular weight is 448 g/mol. The van der Waals surface area contributed by atoms with Crippen molar-refractivity contribution >= 4 is 5.91 Å². The minimum absolute atomic E-state index is 0.209. The van der Waals surface area contributed by atoms with Crippen molar-refractivity contribution in [2.75, 3.05) is 13.7 Å². The zero-order valence-corrected chi connectivity index (χ0v) is 17.9. The number of carbonyl (C=O) groups excluding carboxylic acids is 1. The largest absolute Gasteiger partial charge is 0.497 e. The molecule has 2 aromatic heterocycles. The Kier molecular flexibility index (Phi) is 7.06. The molecular formula is C21H23F3N6O2. The summed E-state index contributed by atoms with van der Waals surface area (Å²) in [5.74, 6) is 0.631. The first-order valence-electron chi connectivity index (χ1n) is 9.98. The SMILES string of the molecule is CCN(C(=O)c1ccc(OC)cc1-n1nccn1)[C@@H](C)CCc1ncc(C(F)(F)F)cn1. The fourth-order valence-electron chi connectivity index (χ4n) is 3.26. The number of aryl methyl sites for hydroxylation is 1. The van der Waals surface area contributed by atoms with Crippen LogP contribution in [0.2, 0.25) is 0 Å². The lowest BCUT2D eigenvalue weighted by atomic mass is 10.1. The summed E-state index contributed by atoms with van der Waals surface area (Å²) in [6.45, 7) is 4.17. The van der Waals surface area contributed by atoms with Crippen LogP contribution in [0.15, 0.2) is 43.0 Å². The van der Waals surface area contributed by atoms with E-state index >= 15 is 0 Å². The number of carbonyl (C=O) groups is 1. The Morgan fingerprint density at radius 2 is 1.84 bits per heavy atom. The summed E-state index contributed by atoms with van der Waals surface area (Å²) in [5.41, 5.74) is -0.00326. The monoisotopic (exact) mass is 448 g/mol. The molecule has 1 atom stereocenters. The number of hydrogen-bond donors (Lipinski definition) is 0. The van der Waals surface area contributed by atoms with Crippen molar-refractivity contribution in [2.24, 2.45) is 0 Å². The Hall–Kier alpha value is -3.50. The molecule has 3 aromatic rings. The van der Waals surface area contributed by atoms with Crippen molar-refractivity contribution in [3.8, 4) is 11.4 Å². The second kappa shape index (κ2) is 9.75. The highest BCUT2D eigenvalue weighted by Crippen LogP contribution is 2.28. The smallest absolute Gasteiger partial charge is 0.419 e. The fourth-order valence-corrected chi connectivity index (χ4v) is 3.26. The van der Waals surface area contributed by atoms with Gasteiger partial charge in [0.1, 0.15) is 17.3 Å². The van der Waals surface area contributed by atoms with Gasteiger partial charge in [-0.25, -0.2) is 9.97 Å². The molecule has 0 aliphatic rings. The van der Waals surface area contributed by atoms with Crippen LogP contribution in [0.5, 0.6) is 5.75 Å². The maximum Gasteiger partial charge on any atom is 0.419 e. The second-order valence-corrected chi connectivity index (χ2v) is 7.07. The molecule has 0 fully saturated rings. The van der Waals surface area contributed by atoms with E-state index in [9.17, 15) is 18.0 Å². The van der Waals surface area contributed by atoms with Crippen LogP contribution in [-0.2, 0) is 12.6 Å². The molecule has 11 heteroatoms. The molecule has 2 heterocycles. The topological polar surface area (TPSA) is 86.0 Å². The van der Waals surface area contributed by atoms with Gasteiger partial charge >= 0.3 is 6.18 Å². The minimum Gasteiger partial charge on any atom is -0.497 e. The van der Waals surface area contributed by atoms with Gasteiger partial charge in [-0.1, -0.05) is 0 Å². The predicted molar refractivity (Wildman–Crippen MR) is 109 cm³/mol. The number of methoxy groups -OCH3 is 1. The summed E-state index contributed by atoms with van der Waals surface area (Å²) >= 11 is 0. The Morgan fingerprint density at radius 3 is 2.41 bits per heavy atom. The lowest BCUT2D eigenvalue weighted by Crippen LogP contribution is -2.39. The van der Waals surface area contributed by atoms with Crippen molar-refractivity contribution < 1.29 is 22.7 Å². The highest BCUT2D eigenvalue weighted by molar-refractivity contribution is 5.98. The number of halogens is 3. The third-order valence-corrected chi connectivity index (χ3v) is 5.02. The van der Waals surface area contributed by atoms with Gasteiger partial charge in [0.2, 0.25) is 0 Å². The highest BCUT2D eigenvalue weighted by atomic mass is 19.4. The summed E-state index contributed by atoms with van der Waals surface area (Å²) in [7, 11) is 1.53. The summed E-state index contributed by atoms with van der Waals surface area (Å²) in [6.07, 6.45) is 0.912. The Morgan fingerprint density at radius 1 is 1.19 bits per heavy atom. The third-order valence-electron chi connectivity index (χ3n) is 5.02. The molecule has 170 valence electrons. The lowest BCUT2D eigenvalue weighted by Gasteiger charge is -2.29. The zero-order valence-electron chi connectivity index (χ0n) is 17.9. The van der Waals surface area contributed by atoms with E-state index in [1.807, 2.05) is 13.8 Å². The van der Waals surface area contributed by atoms with Gasteiger partial charge in [0.25, 0.3) is 5.91 Å². The van der Waals surface area contributed by atoms with Crippen molar-refractivity contribution in [1.29, 1.82) is 0 Å². The molecule has 0 aliphatic heterocycles. The molecule has 1 aromatic carbocycles. The van der Waals surface area contributed by atoms with E-state index in [1.165, 1.54) is 24.3 Å². The van der Waals surface area contributed by atoms with Crippen molar-refractivity contribution in [1.82, 2.24) is 29.9 Å². The van der Waals surface area contributed by atoms with E-state index in [2.05, 4.69) is 20.2 Å². The molecule has 8 nitrogen and oxygen atoms in total. The first-order valence-corrected chi connectivity index (χ1v) is 9.98. The highest BCUT2D eigenvalue weighted by Gasteiger charge is 2.31. The van der Waals surface area contributed by atoms with Gasteiger partial charge in [0.05, 0.1) is 30.6 Å². The molecule has 0 saturated carbocycles. The van der Waals surface area contributed by atoms with Gasteiger partial charge in [-0.3, -0.25) is 4.79 Å². The summed E-state index contributed by atoms with van der Waals surface area (Å²) in [6, 6.07) is 4.82. The quantitative estimate of drug-likeness (QED) is 0.524. The van der Waals surface area contributed by atoms with Crippen LogP contribution in [0.1, 0.15) is 42.0 Å². The maximum absolute atomic E-state index is 13.4. The molecule has 3 rings (SSSR count). The van der Waals surface area contributed by atoms with Crippen molar-refractivity contribution in [3.63, 3.8) is 0 Å². The van der Waals surface area contributed by atoms with Gasteiger partial charge in [-0.2, -0.15) is 28.2 Å². The number of nitrogens with zero attached hydrogens (tertiary/aromatic N) is 6. The maximum atomic E-state index is 13.4. The summed E-state index contributed by atoms with van der Waals surface area (Å²) in [5, 5.41) is 8.24. The third kappa shape index (κ3) is 5.21. The number of hydrogen-bond acceptors (Lipinski definition) is 6. The normalized spacial score (nSPS) is 12.4. The van der Waals surface area contributed by atoms with E-state index in [-0.39, 0.29) is 11.9 Å². The van der Waals surface area contributed by atoms with Crippen LogP contribution in [0.25, 0.3) is 5.69 Å². The van der Waals surface area contributed by atoms with Crippen LogP contribution < -0.4 is 4.74 Å². The molecule has 0 spiro atoms. The summed E-state index contributed by atoms with van der Waals surface area (Å²) in [4.78, 5) is 24.0. The second-order valence-electron chi connectivity index (χ2n) is 7.07. The molecule has 0 unspecified atom stereocenters. The van der Waals surface area contributed by atoms with E-state index in [1.54, 1.807) is 23.1 Å². The first-order chi connectivity index (χ1) is 15.2. The number of benzene rings is 1.